The maximum atomic E-state index is 13.2. The molecule has 1 aliphatic rings. The summed E-state index contributed by atoms with van der Waals surface area (Å²) >= 11 is 6.18. The maximum Gasteiger partial charge on any atom is 0.248 e. The highest BCUT2D eigenvalue weighted by Gasteiger charge is 2.37. The molecular formula is C19H24ClN3O4S. The quantitative estimate of drug-likeness (QED) is 0.688. The predicted octanol–water partition coefficient (Wildman–Crippen LogP) is 2.98. The number of ether oxygens (including phenoxy) is 1. The summed E-state index contributed by atoms with van der Waals surface area (Å²) in [5.74, 6) is 0.240. The van der Waals surface area contributed by atoms with Gasteiger partial charge >= 0.3 is 0 Å². The summed E-state index contributed by atoms with van der Waals surface area (Å²) in [4.78, 5) is 13.1. The van der Waals surface area contributed by atoms with Crippen LogP contribution in [0, 0.1) is 19.8 Å². The molecule has 0 saturated carbocycles. The van der Waals surface area contributed by atoms with E-state index in [4.69, 9.17) is 16.3 Å². The Labute approximate surface area is 170 Å². The van der Waals surface area contributed by atoms with E-state index in [-0.39, 0.29) is 22.4 Å². The van der Waals surface area contributed by atoms with Crippen molar-refractivity contribution in [1.29, 1.82) is 0 Å². The zero-order valence-electron chi connectivity index (χ0n) is 16.4. The third-order valence-electron chi connectivity index (χ3n) is 5.15. The molecule has 9 heteroatoms. The molecule has 2 aromatic rings. The largest absolute Gasteiger partial charge is 0.497 e. The molecule has 2 heterocycles. The number of sulfonamides is 1. The van der Waals surface area contributed by atoms with Crippen LogP contribution in [-0.4, -0.2) is 48.5 Å². The number of piperidine rings is 1. The van der Waals surface area contributed by atoms with Crippen molar-refractivity contribution in [3.8, 4) is 5.75 Å². The standard InChI is InChI=1S/C19H24ClN3O4S/c1-12-10-15(27-4)7-8-16(12)17(24)14-6-5-9-23(11-14)28(25,26)18-13(2)21-22(3)19(18)20/h7-8,10,14H,5-6,9,11H2,1-4H3/t14-/m1/s1. The fourth-order valence-electron chi connectivity index (χ4n) is 3.67. The van der Waals surface area contributed by atoms with Gasteiger partial charge in [0.05, 0.1) is 12.8 Å². The third kappa shape index (κ3) is 3.68. The van der Waals surface area contributed by atoms with Gasteiger partial charge in [0, 0.05) is 31.6 Å². The number of carbonyl (C=O) groups is 1. The summed E-state index contributed by atoms with van der Waals surface area (Å²) in [5, 5.41) is 4.18. The lowest BCUT2D eigenvalue weighted by atomic mass is 9.89. The molecular weight excluding hydrogens is 402 g/mol. The first kappa shape index (κ1) is 20.8. The molecule has 0 N–H and O–H groups in total. The number of aryl methyl sites for hydroxylation is 3. The molecule has 1 aromatic heterocycles. The number of hydrogen-bond acceptors (Lipinski definition) is 5. The van der Waals surface area contributed by atoms with Crippen LogP contribution in [0.5, 0.6) is 5.75 Å². The molecule has 0 amide bonds. The van der Waals surface area contributed by atoms with Crippen LogP contribution in [0.1, 0.15) is 34.5 Å². The molecule has 3 rings (SSSR count). The van der Waals surface area contributed by atoms with Gasteiger partial charge < -0.3 is 4.74 Å². The Morgan fingerprint density at radius 1 is 1.32 bits per heavy atom. The molecule has 152 valence electrons. The van der Waals surface area contributed by atoms with Gasteiger partial charge in [-0.3, -0.25) is 9.48 Å². The number of hydrogen-bond donors (Lipinski definition) is 0. The van der Waals surface area contributed by atoms with Crippen LogP contribution in [0.4, 0.5) is 0 Å². The molecule has 1 aliphatic heterocycles. The first-order valence-corrected chi connectivity index (χ1v) is 10.9. The number of Topliss-reactive ketones (excluding diaryl/α,β-unsaturated/α-hetero) is 1. The molecule has 1 saturated heterocycles. The smallest absolute Gasteiger partial charge is 0.248 e. The Bertz CT molecular complexity index is 1020. The molecule has 1 aromatic carbocycles. The highest BCUT2D eigenvalue weighted by molar-refractivity contribution is 7.89. The van der Waals surface area contributed by atoms with Gasteiger partial charge in [-0.2, -0.15) is 9.40 Å². The topological polar surface area (TPSA) is 81.5 Å². The molecule has 0 aliphatic carbocycles. The van der Waals surface area contributed by atoms with Gasteiger partial charge in [0.15, 0.2) is 5.78 Å². The van der Waals surface area contributed by atoms with E-state index in [1.807, 2.05) is 13.0 Å². The van der Waals surface area contributed by atoms with Crippen molar-refractivity contribution in [3.05, 3.63) is 40.2 Å². The summed E-state index contributed by atoms with van der Waals surface area (Å²) in [5.41, 5.74) is 1.77. The number of nitrogens with zero attached hydrogens (tertiary/aromatic N) is 3. The third-order valence-corrected chi connectivity index (χ3v) is 7.71. The highest BCUT2D eigenvalue weighted by atomic mass is 35.5. The summed E-state index contributed by atoms with van der Waals surface area (Å²) in [7, 11) is -0.650. The van der Waals surface area contributed by atoms with Gasteiger partial charge in [0.25, 0.3) is 0 Å². The second kappa shape index (κ2) is 7.85. The molecule has 0 bridgehead atoms. The molecule has 7 nitrogen and oxygen atoms in total. The Balaban J connectivity index is 1.87. The summed E-state index contributed by atoms with van der Waals surface area (Å²) in [6.45, 7) is 3.97. The Kier molecular flexibility index (Phi) is 5.84. The van der Waals surface area contributed by atoms with Crippen molar-refractivity contribution >= 4 is 27.4 Å². The molecule has 1 fully saturated rings. The van der Waals surface area contributed by atoms with E-state index in [1.165, 1.54) is 8.99 Å². The second-order valence-corrected chi connectivity index (χ2v) is 9.31. The monoisotopic (exact) mass is 425 g/mol. The summed E-state index contributed by atoms with van der Waals surface area (Å²) in [6, 6.07) is 5.30. The molecule has 0 spiro atoms. The number of benzene rings is 1. The SMILES string of the molecule is COc1ccc(C(=O)[C@@H]2CCCN(S(=O)(=O)c3c(C)nn(C)c3Cl)C2)c(C)c1. The predicted molar refractivity (Wildman–Crippen MR) is 106 cm³/mol. The van der Waals surface area contributed by atoms with Crippen LogP contribution >= 0.6 is 11.6 Å². The van der Waals surface area contributed by atoms with E-state index in [2.05, 4.69) is 5.10 Å². The molecule has 0 radical (unpaired) electrons. The van der Waals surface area contributed by atoms with Crippen molar-refractivity contribution in [2.75, 3.05) is 20.2 Å². The van der Waals surface area contributed by atoms with Gasteiger partial charge in [-0.05, 0) is 50.5 Å². The minimum absolute atomic E-state index is 0.0189. The Morgan fingerprint density at radius 2 is 2.04 bits per heavy atom. The van der Waals surface area contributed by atoms with Crippen LogP contribution < -0.4 is 4.74 Å². The van der Waals surface area contributed by atoms with Gasteiger partial charge in [-0.25, -0.2) is 8.42 Å². The first-order chi connectivity index (χ1) is 13.2. The van der Waals surface area contributed by atoms with E-state index in [0.717, 1.165) is 5.56 Å². The van der Waals surface area contributed by atoms with Crippen LogP contribution in [0.3, 0.4) is 0 Å². The number of ketones is 1. The normalized spacial score (nSPS) is 18.2. The Hall–Kier alpha value is -1.90. The minimum atomic E-state index is -3.83. The lowest BCUT2D eigenvalue weighted by Crippen LogP contribution is -2.42. The van der Waals surface area contributed by atoms with Crippen LogP contribution in [0.2, 0.25) is 5.15 Å². The van der Waals surface area contributed by atoms with Gasteiger partial charge in [-0.1, -0.05) is 11.6 Å². The van der Waals surface area contributed by atoms with Gasteiger partial charge in [0.1, 0.15) is 15.8 Å². The van der Waals surface area contributed by atoms with Gasteiger partial charge in [-0.15, -0.1) is 0 Å². The summed E-state index contributed by atoms with van der Waals surface area (Å²) in [6.07, 6.45) is 1.26. The lowest BCUT2D eigenvalue weighted by molar-refractivity contribution is 0.0872. The average Bonchev–Trinajstić information content (AvgIpc) is 2.93. The lowest BCUT2D eigenvalue weighted by Gasteiger charge is -2.31. The van der Waals surface area contributed by atoms with E-state index in [9.17, 15) is 13.2 Å². The fourth-order valence-corrected chi connectivity index (χ4v) is 5.90. The van der Waals surface area contributed by atoms with Crippen molar-refractivity contribution in [3.63, 3.8) is 0 Å². The van der Waals surface area contributed by atoms with E-state index in [0.29, 0.717) is 36.4 Å². The van der Waals surface area contributed by atoms with Crippen molar-refractivity contribution < 1.29 is 17.9 Å². The number of halogens is 1. The van der Waals surface area contributed by atoms with E-state index in [1.54, 1.807) is 33.2 Å². The van der Waals surface area contributed by atoms with Crippen molar-refractivity contribution in [1.82, 2.24) is 14.1 Å². The molecule has 1 atom stereocenters. The number of rotatable bonds is 5. The number of aromatic nitrogens is 2. The number of carbonyl (C=O) groups excluding carboxylic acids is 1. The zero-order valence-corrected chi connectivity index (χ0v) is 18.0. The van der Waals surface area contributed by atoms with E-state index >= 15 is 0 Å². The molecule has 0 unspecified atom stereocenters. The summed E-state index contributed by atoms with van der Waals surface area (Å²) < 4.78 is 34.2. The second-order valence-electron chi connectivity index (χ2n) is 7.08. The Morgan fingerprint density at radius 3 is 2.61 bits per heavy atom. The van der Waals surface area contributed by atoms with Crippen molar-refractivity contribution in [2.45, 2.75) is 31.6 Å². The minimum Gasteiger partial charge on any atom is -0.497 e. The van der Waals surface area contributed by atoms with Crippen LogP contribution in [0.15, 0.2) is 23.1 Å². The fraction of sp³-hybridized carbons (Fsp3) is 0.474. The average molecular weight is 426 g/mol. The zero-order chi connectivity index (χ0) is 20.6. The maximum absolute atomic E-state index is 13.2. The highest BCUT2D eigenvalue weighted by Crippen LogP contribution is 2.31. The number of methoxy groups -OCH3 is 1. The van der Waals surface area contributed by atoms with Crippen LogP contribution in [0.25, 0.3) is 0 Å². The van der Waals surface area contributed by atoms with Crippen molar-refractivity contribution in [2.24, 2.45) is 13.0 Å². The van der Waals surface area contributed by atoms with E-state index < -0.39 is 15.9 Å². The van der Waals surface area contributed by atoms with Gasteiger partial charge in [0.2, 0.25) is 10.0 Å². The van der Waals surface area contributed by atoms with Crippen LogP contribution in [-0.2, 0) is 17.1 Å². The molecule has 28 heavy (non-hydrogen) atoms. The first-order valence-electron chi connectivity index (χ1n) is 9.05.